The summed E-state index contributed by atoms with van der Waals surface area (Å²) in [5.41, 5.74) is 0.895. The van der Waals surface area contributed by atoms with Crippen LogP contribution < -0.4 is 5.32 Å². The number of nitrogens with one attached hydrogen (secondary N) is 1. The Morgan fingerprint density at radius 1 is 1.39 bits per heavy atom. The van der Waals surface area contributed by atoms with E-state index in [1.54, 1.807) is 0 Å². The van der Waals surface area contributed by atoms with Gasteiger partial charge in [-0.3, -0.25) is 4.79 Å². The second-order valence-electron chi connectivity index (χ2n) is 6.75. The van der Waals surface area contributed by atoms with Gasteiger partial charge >= 0.3 is 0 Å². The van der Waals surface area contributed by atoms with Gasteiger partial charge in [0.1, 0.15) is 17.3 Å². The number of methoxy groups -OCH3 is 1. The average Bonchev–Trinajstić information content (AvgIpc) is 3.25. The monoisotopic (exact) mass is 453 g/mol. The first-order valence-electron chi connectivity index (χ1n) is 9.33. The Morgan fingerprint density at radius 2 is 2.10 bits per heavy atom. The van der Waals surface area contributed by atoms with Crippen LogP contribution in [0.3, 0.4) is 0 Å². The number of amides is 1. The molecule has 0 saturated carbocycles. The zero-order valence-corrected chi connectivity index (χ0v) is 17.4. The van der Waals surface area contributed by atoms with Crippen molar-refractivity contribution in [2.75, 3.05) is 26.8 Å². The van der Waals surface area contributed by atoms with Crippen LogP contribution in [-0.4, -0.2) is 74.1 Å². The van der Waals surface area contributed by atoms with Gasteiger partial charge in [0.05, 0.1) is 32.1 Å². The zero-order valence-electron chi connectivity index (χ0n) is 16.6. The Morgan fingerprint density at radius 3 is 2.68 bits per heavy atom. The summed E-state index contributed by atoms with van der Waals surface area (Å²) in [7, 11) is 1.43. The van der Waals surface area contributed by atoms with E-state index in [4.69, 9.17) is 22.1 Å². The van der Waals surface area contributed by atoms with Crippen molar-refractivity contribution in [3.05, 3.63) is 47.3 Å². The number of ether oxygens (including phenoxy) is 1. The maximum Gasteiger partial charge on any atom is 0.256 e. The molecule has 0 spiro atoms. The summed E-state index contributed by atoms with van der Waals surface area (Å²) in [4.78, 5) is 13.2. The van der Waals surface area contributed by atoms with E-state index in [0.717, 1.165) is 12.1 Å². The number of aliphatic hydroxyl groups excluding tert-OH is 2. The van der Waals surface area contributed by atoms with Crippen LogP contribution in [0.15, 0.2) is 24.4 Å². The molecule has 1 amide bonds. The molecule has 1 unspecified atom stereocenters. The minimum absolute atomic E-state index is 0.0780. The van der Waals surface area contributed by atoms with E-state index in [9.17, 15) is 18.7 Å². The minimum atomic E-state index is -1.50. The van der Waals surface area contributed by atoms with E-state index in [-0.39, 0.29) is 42.5 Å². The number of nitrogens with zero attached hydrogens (tertiary/aromatic N) is 4. The molecule has 3 rings (SSSR count). The number of hydrogen-bond donors (Lipinski definition) is 3. The average molecular weight is 453 g/mol. The van der Waals surface area contributed by atoms with E-state index < -0.39 is 30.3 Å². The van der Waals surface area contributed by atoms with Crippen molar-refractivity contribution in [2.45, 2.75) is 19.1 Å². The van der Waals surface area contributed by atoms with E-state index >= 15 is 0 Å². The van der Waals surface area contributed by atoms with Gasteiger partial charge in [-0.2, -0.15) is 0 Å². The number of benzene rings is 1. The smallest absolute Gasteiger partial charge is 0.256 e. The maximum atomic E-state index is 14.8. The van der Waals surface area contributed by atoms with Crippen LogP contribution in [-0.2, 0) is 16.1 Å². The topological polar surface area (TPSA) is 113 Å². The number of carbonyl (C=O) groups is 1. The Bertz CT molecular complexity index is 990. The molecule has 1 atom stereocenters. The molecule has 3 N–H and O–H groups in total. The van der Waals surface area contributed by atoms with Crippen molar-refractivity contribution in [3.8, 4) is 5.69 Å². The van der Waals surface area contributed by atoms with Gasteiger partial charge < -0.3 is 25.2 Å². The largest absolute Gasteiger partial charge is 0.474 e. The molecular formula is C19H21F2N5O4S. The SMILES string of the molecule is COC(=S)NCc1cn(-c2cc(F)c(C3=CCN(C(=O)C(O)CO)CC3)c(F)c2)nn1. The molecule has 0 bridgehead atoms. The lowest BCUT2D eigenvalue weighted by Gasteiger charge is -2.28. The molecule has 0 radical (unpaired) electrons. The number of halogens is 2. The highest BCUT2D eigenvalue weighted by molar-refractivity contribution is 7.80. The molecule has 166 valence electrons. The summed E-state index contributed by atoms with van der Waals surface area (Å²) < 4.78 is 35.6. The molecule has 0 saturated heterocycles. The van der Waals surface area contributed by atoms with Crippen molar-refractivity contribution in [2.24, 2.45) is 0 Å². The van der Waals surface area contributed by atoms with E-state index in [0.29, 0.717) is 11.3 Å². The Kier molecular flexibility index (Phi) is 7.25. The molecule has 0 aliphatic carbocycles. The molecular weight excluding hydrogens is 432 g/mol. The van der Waals surface area contributed by atoms with Gasteiger partial charge in [0.25, 0.3) is 11.1 Å². The van der Waals surface area contributed by atoms with E-state index in [1.807, 2.05) is 0 Å². The fourth-order valence-corrected chi connectivity index (χ4v) is 3.20. The fraction of sp³-hybridized carbons (Fsp3) is 0.368. The number of carbonyl (C=O) groups excluding carboxylic acids is 1. The van der Waals surface area contributed by atoms with Gasteiger partial charge in [0.2, 0.25) is 0 Å². The van der Waals surface area contributed by atoms with E-state index in [2.05, 4.69) is 15.6 Å². The van der Waals surface area contributed by atoms with E-state index in [1.165, 1.54) is 29.0 Å². The summed E-state index contributed by atoms with van der Waals surface area (Å²) in [5.74, 6) is -2.17. The van der Waals surface area contributed by atoms with Crippen LogP contribution in [0, 0.1) is 11.6 Å². The molecule has 1 aliphatic rings. The molecule has 2 heterocycles. The third-order valence-electron chi connectivity index (χ3n) is 4.73. The van der Waals surface area contributed by atoms with Gasteiger partial charge in [-0.1, -0.05) is 11.3 Å². The van der Waals surface area contributed by atoms with Crippen molar-refractivity contribution >= 4 is 28.9 Å². The van der Waals surface area contributed by atoms with Crippen molar-refractivity contribution in [1.29, 1.82) is 0 Å². The van der Waals surface area contributed by atoms with Crippen LogP contribution in [0.2, 0.25) is 0 Å². The van der Waals surface area contributed by atoms with Gasteiger partial charge in [-0.05, 0) is 24.2 Å². The summed E-state index contributed by atoms with van der Waals surface area (Å²) in [6.45, 7) is -0.196. The number of aromatic nitrogens is 3. The summed E-state index contributed by atoms with van der Waals surface area (Å²) in [6.07, 6.45) is 1.74. The van der Waals surface area contributed by atoms with Crippen LogP contribution >= 0.6 is 12.2 Å². The van der Waals surface area contributed by atoms with Crippen LogP contribution in [0.25, 0.3) is 11.3 Å². The van der Waals surface area contributed by atoms with Crippen LogP contribution in [0.4, 0.5) is 8.78 Å². The van der Waals surface area contributed by atoms with Gasteiger partial charge in [-0.15, -0.1) is 5.10 Å². The summed E-state index contributed by atoms with van der Waals surface area (Å²) in [5, 5.41) is 29.1. The molecule has 1 aliphatic heterocycles. The Hall–Kier alpha value is -2.96. The first-order chi connectivity index (χ1) is 14.8. The number of hydrogen-bond acceptors (Lipinski definition) is 7. The highest BCUT2D eigenvalue weighted by Gasteiger charge is 2.25. The summed E-state index contributed by atoms with van der Waals surface area (Å²) in [6, 6.07) is 2.30. The van der Waals surface area contributed by atoms with Crippen molar-refractivity contribution in [3.63, 3.8) is 0 Å². The predicted octanol–water partition coefficient (Wildman–Crippen LogP) is 0.535. The fourth-order valence-electron chi connectivity index (χ4n) is 3.12. The molecule has 2 aromatic rings. The second kappa shape index (κ2) is 9.90. The lowest BCUT2D eigenvalue weighted by molar-refractivity contribution is -0.141. The van der Waals surface area contributed by atoms with Crippen LogP contribution in [0.1, 0.15) is 17.7 Å². The van der Waals surface area contributed by atoms with Crippen LogP contribution in [0.5, 0.6) is 0 Å². The molecule has 1 aromatic heterocycles. The second-order valence-corrected chi connectivity index (χ2v) is 7.12. The minimum Gasteiger partial charge on any atom is -0.474 e. The third kappa shape index (κ3) is 5.21. The first-order valence-corrected chi connectivity index (χ1v) is 9.74. The lowest BCUT2D eigenvalue weighted by atomic mass is 9.97. The van der Waals surface area contributed by atoms with Gasteiger partial charge in [0, 0.05) is 30.8 Å². The number of rotatable bonds is 6. The molecule has 9 nitrogen and oxygen atoms in total. The normalized spacial score (nSPS) is 14.7. The van der Waals surface area contributed by atoms with Gasteiger partial charge in [-0.25, -0.2) is 13.5 Å². The number of aliphatic hydroxyl groups is 2. The zero-order chi connectivity index (χ0) is 22.5. The Balaban J connectivity index is 1.76. The third-order valence-corrected chi connectivity index (χ3v) is 5.04. The standard InChI is InChI=1S/C19H21F2N5O4S/c1-30-19(31)22-8-12-9-26(24-23-12)13-6-14(20)17(15(21)7-13)11-2-4-25(5-3-11)18(29)16(28)10-27/h2,6-7,9,16,27-28H,3-5,8,10H2,1H3,(H,22,31). The lowest BCUT2D eigenvalue weighted by Crippen LogP contribution is -2.42. The highest BCUT2D eigenvalue weighted by atomic mass is 32.1. The first kappa shape index (κ1) is 22.7. The molecule has 1 aromatic carbocycles. The molecule has 31 heavy (non-hydrogen) atoms. The molecule has 0 fully saturated rings. The predicted molar refractivity (Wildman–Crippen MR) is 110 cm³/mol. The maximum absolute atomic E-state index is 14.8. The number of thiocarbonyl (C=S) groups is 1. The Labute approximate surface area is 181 Å². The highest BCUT2D eigenvalue weighted by Crippen LogP contribution is 2.29. The van der Waals surface area contributed by atoms with Crippen molar-refractivity contribution in [1.82, 2.24) is 25.2 Å². The quantitative estimate of drug-likeness (QED) is 0.544. The van der Waals surface area contributed by atoms with Crippen molar-refractivity contribution < 1.29 is 28.5 Å². The molecule has 12 heteroatoms. The van der Waals surface area contributed by atoms with Gasteiger partial charge in [0.15, 0.2) is 6.10 Å². The summed E-state index contributed by atoms with van der Waals surface area (Å²) >= 11 is 4.87.